The summed E-state index contributed by atoms with van der Waals surface area (Å²) in [4.78, 5) is 12.2. The Kier molecular flexibility index (Phi) is 4.23. The van der Waals surface area contributed by atoms with Crippen LogP contribution in [0, 0.1) is 0 Å². The molecule has 0 spiro atoms. The number of aliphatic hydroxyl groups is 2. The second kappa shape index (κ2) is 4.75. The van der Waals surface area contributed by atoms with Crippen LogP contribution in [-0.4, -0.2) is 35.3 Å². The summed E-state index contributed by atoms with van der Waals surface area (Å²) in [5.74, 6) is 0. The van der Waals surface area contributed by atoms with Crippen LogP contribution in [0.1, 0.15) is 0 Å². The number of nitrogens with zero attached hydrogens (tertiary/aromatic N) is 3. The van der Waals surface area contributed by atoms with Crippen LogP contribution in [0.15, 0.2) is 5.11 Å². The molecule has 0 saturated heterocycles. The van der Waals surface area contributed by atoms with Crippen molar-refractivity contribution in [1.82, 2.24) is 0 Å². The summed E-state index contributed by atoms with van der Waals surface area (Å²) in [6.45, 7) is -0.538. The van der Waals surface area contributed by atoms with Crippen molar-refractivity contribution in [2.75, 3.05) is 6.61 Å². The molecule has 2 atom stereocenters. The predicted octanol–water partition coefficient (Wildman–Crippen LogP) is -0.783. The van der Waals surface area contributed by atoms with Gasteiger partial charge in [0.2, 0.25) is 0 Å². The number of aldehydes is 1. The van der Waals surface area contributed by atoms with E-state index in [9.17, 15) is 4.79 Å². The first-order valence-corrected chi connectivity index (χ1v) is 2.54. The van der Waals surface area contributed by atoms with Crippen LogP contribution in [0.2, 0.25) is 0 Å². The Morgan fingerprint density at radius 3 is 2.70 bits per heavy atom. The summed E-state index contributed by atoms with van der Waals surface area (Å²) in [7, 11) is 0. The van der Waals surface area contributed by atoms with Crippen LogP contribution >= 0.6 is 0 Å². The third-order valence-corrected chi connectivity index (χ3v) is 0.921. The lowest BCUT2D eigenvalue weighted by Gasteiger charge is -2.07. The van der Waals surface area contributed by atoms with Crippen molar-refractivity contribution in [1.29, 1.82) is 0 Å². The third-order valence-electron chi connectivity index (χ3n) is 0.921. The molecule has 0 radical (unpaired) electrons. The number of carbonyl (C=O) groups excluding carboxylic acids is 1. The third kappa shape index (κ3) is 2.45. The Balaban J connectivity index is 4.04. The fourth-order valence-electron chi connectivity index (χ4n) is 0.370. The molecule has 0 bridgehead atoms. The first-order valence-electron chi connectivity index (χ1n) is 2.54. The van der Waals surface area contributed by atoms with Crippen LogP contribution in [0.25, 0.3) is 10.4 Å². The standard InChI is InChI=1S/C4H7N3O3/c5-7-6-3(1-8)4(10)2-9/h2-4,8,10H,1H2/t3-,4-/m1/s1. The van der Waals surface area contributed by atoms with Crippen molar-refractivity contribution in [2.24, 2.45) is 5.11 Å². The maximum absolute atomic E-state index is 9.84. The van der Waals surface area contributed by atoms with Crippen molar-refractivity contribution in [3.05, 3.63) is 10.4 Å². The van der Waals surface area contributed by atoms with E-state index in [1.165, 1.54) is 0 Å². The number of azide groups is 1. The first-order chi connectivity index (χ1) is 4.76. The maximum atomic E-state index is 9.84. The quantitative estimate of drug-likeness (QED) is 0.234. The molecule has 6 nitrogen and oxygen atoms in total. The molecular weight excluding hydrogens is 138 g/mol. The van der Waals surface area contributed by atoms with Gasteiger partial charge in [-0.25, -0.2) is 0 Å². The smallest absolute Gasteiger partial charge is 0.148 e. The fraction of sp³-hybridized carbons (Fsp3) is 0.750. The van der Waals surface area contributed by atoms with Crippen LogP contribution in [0.4, 0.5) is 0 Å². The van der Waals surface area contributed by atoms with Crippen molar-refractivity contribution in [2.45, 2.75) is 12.1 Å². The second-order valence-electron chi connectivity index (χ2n) is 1.58. The number of carbonyl (C=O) groups is 1. The molecule has 0 aromatic carbocycles. The molecule has 2 N–H and O–H groups in total. The minimum absolute atomic E-state index is 0.204. The Hall–Kier alpha value is -1.10. The lowest BCUT2D eigenvalue weighted by atomic mass is 10.2. The molecule has 0 aromatic rings. The van der Waals surface area contributed by atoms with E-state index < -0.39 is 18.8 Å². The van der Waals surface area contributed by atoms with E-state index in [2.05, 4.69) is 10.0 Å². The number of rotatable bonds is 4. The molecule has 0 fully saturated rings. The lowest BCUT2D eigenvalue weighted by molar-refractivity contribution is -0.116. The summed E-state index contributed by atoms with van der Waals surface area (Å²) in [5, 5.41) is 20.0. The van der Waals surface area contributed by atoms with Crippen LogP contribution in [0.3, 0.4) is 0 Å². The van der Waals surface area contributed by atoms with E-state index in [1.54, 1.807) is 0 Å². The molecule has 0 aliphatic carbocycles. The highest BCUT2D eigenvalue weighted by Gasteiger charge is 2.14. The van der Waals surface area contributed by atoms with Crippen LogP contribution in [0.5, 0.6) is 0 Å². The molecule has 10 heavy (non-hydrogen) atoms. The molecule has 0 unspecified atom stereocenters. The topological polar surface area (TPSA) is 106 Å². The Bertz CT molecular complexity index is 154. The highest BCUT2D eigenvalue weighted by molar-refractivity contribution is 5.56. The van der Waals surface area contributed by atoms with E-state index in [0.29, 0.717) is 0 Å². The monoisotopic (exact) mass is 145 g/mol. The fourth-order valence-corrected chi connectivity index (χ4v) is 0.370. The highest BCUT2D eigenvalue weighted by atomic mass is 16.3. The Morgan fingerprint density at radius 1 is 1.80 bits per heavy atom. The molecule has 6 heteroatoms. The zero-order chi connectivity index (χ0) is 7.98. The van der Waals surface area contributed by atoms with E-state index in [0.717, 1.165) is 0 Å². The van der Waals surface area contributed by atoms with Crippen molar-refractivity contribution >= 4 is 6.29 Å². The molecule has 0 saturated carbocycles. The largest absolute Gasteiger partial charge is 0.396 e. The highest BCUT2D eigenvalue weighted by Crippen LogP contribution is 1.95. The Labute approximate surface area is 56.7 Å². The number of hydrogen-bond acceptors (Lipinski definition) is 4. The zero-order valence-electron chi connectivity index (χ0n) is 5.08. The second-order valence-corrected chi connectivity index (χ2v) is 1.58. The van der Waals surface area contributed by atoms with Gasteiger partial charge < -0.3 is 15.0 Å². The summed E-state index contributed by atoms with van der Waals surface area (Å²) < 4.78 is 0. The Morgan fingerprint density at radius 2 is 2.40 bits per heavy atom. The molecule has 0 aliphatic rings. The van der Waals surface area contributed by atoms with Crippen LogP contribution in [-0.2, 0) is 4.79 Å². The van der Waals surface area contributed by atoms with Gasteiger partial charge >= 0.3 is 0 Å². The summed E-state index contributed by atoms with van der Waals surface area (Å²) in [6, 6.07) is -1.07. The molecule has 56 valence electrons. The van der Waals surface area contributed by atoms with Gasteiger partial charge in [0.15, 0.2) is 0 Å². The zero-order valence-corrected chi connectivity index (χ0v) is 5.08. The van der Waals surface area contributed by atoms with Crippen LogP contribution < -0.4 is 0 Å². The SMILES string of the molecule is [N-]=[N+]=N[C@H](CO)[C@H](O)C=O. The van der Waals surface area contributed by atoms with Gasteiger partial charge in [-0.1, -0.05) is 5.11 Å². The van der Waals surface area contributed by atoms with E-state index in [1.807, 2.05) is 0 Å². The van der Waals surface area contributed by atoms with Gasteiger partial charge in [-0.05, 0) is 5.53 Å². The van der Waals surface area contributed by atoms with Gasteiger partial charge in [0.05, 0.1) is 12.6 Å². The van der Waals surface area contributed by atoms with Gasteiger partial charge in [-0.15, -0.1) is 0 Å². The van der Waals surface area contributed by atoms with Gasteiger partial charge in [0.1, 0.15) is 12.4 Å². The number of hydrogen-bond donors (Lipinski definition) is 2. The number of aliphatic hydroxyl groups excluding tert-OH is 2. The van der Waals surface area contributed by atoms with E-state index in [4.69, 9.17) is 15.7 Å². The van der Waals surface area contributed by atoms with Gasteiger partial charge in [0.25, 0.3) is 0 Å². The molecule has 0 amide bonds. The van der Waals surface area contributed by atoms with E-state index in [-0.39, 0.29) is 6.29 Å². The van der Waals surface area contributed by atoms with Crippen molar-refractivity contribution in [3.63, 3.8) is 0 Å². The predicted molar refractivity (Wildman–Crippen MR) is 32.1 cm³/mol. The maximum Gasteiger partial charge on any atom is 0.148 e. The van der Waals surface area contributed by atoms with Gasteiger partial charge in [-0.2, -0.15) is 0 Å². The van der Waals surface area contributed by atoms with Crippen molar-refractivity contribution < 1.29 is 15.0 Å². The van der Waals surface area contributed by atoms with E-state index >= 15 is 0 Å². The minimum Gasteiger partial charge on any atom is -0.396 e. The normalized spacial score (nSPS) is 15.0. The van der Waals surface area contributed by atoms with Crippen molar-refractivity contribution in [3.8, 4) is 0 Å². The molecule has 0 aromatic heterocycles. The lowest BCUT2D eigenvalue weighted by Crippen LogP contribution is -2.28. The molecular formula is C4H7N3O3. The summed E-state index contributed by atoms with van der Waals surface area (Å²) in [6.07, 6.45) is -1.21. The van der Waals surface area contributed by atoms with Gasteiger partial charge in [0, 0.05) is 4.91 Å². The molecule has 0 aliphatic heterocycles. The molecule has 0 rings (SSSR count). The summed E-state index contributed by atoms with van der Waals surface area (Å²) >= 11 is 0. The molecule has 0 heterocycles. The average molecular weight is 145 g/mol. The first kappa shape index (κ1) is 8.90. The average Bonchev–Trinajstić information content (AvgIpc) is 1.99. The minimum atomic E-state index is -1.42. The van der Waals surface area contributed by atoms with Gasteiger partial charge in [-0.3, -0.25) is 0 Å². The summed E-state index contributed by atoms with van der Waals surface area (Å²) in [5.41, 5.74) is 7.83.